The number of carbonyl (C=O) groups excluding carboxylic acids is 1. The summed E-state index contributed by atoms with van der Waals surface area (Å²) in [5, 5.41) is 15.7. The predicted molar refractivity (Wildman–Crippen MR) is 94.9 cm³/mol. The fraction of sp³-hybridized carbons (Fsp3) is 0.611. The number of aliphatic hydroxyl groups excluding tert-OH is 1. The lowest BCUT2D eigenvalue weighted by Crippen LogP contribution is -2.32. The lowest BCUT2D eigenvalue weighted by atomic mass is 9.83. The van der Waals surface area contributed by atoms with Crippen LogP contribution in [0.5, 0.6) is 0 Å². The summed E-state index contributed by atoms with van der Waals surface area (Å²) in [6, 6.07) is 7.48. The van der Waals surface area contributed by atoms with E-state index in [2.05, 4.69) is 24.5 Å². The number of anilines is 2. The zero-order valence-electron chi connectivity index (χ0n) is 14.9. The van der Waals surface area contributed by atoms with E-state index in [0.29, 0.717) is 12.2 Å². The summed E-state index contributed by atoms with van der Waals surface area (Å²) in [5.74, 6) is 0. The summed E-state index contributed by atoms with van der Waals surface area (Å²) in [6.45, 7) is 10.5. The van der Waals surface area contributed by atoms with Gasteiger partial charge in [0.2, 0.25) is 0 Å². The third kappa shape index (κ3) is 6.48. The number of rotatable bonds is 7. The largest absolute Gasteiger partial charge is 0.444 e. The van der Waals surface area contributed by atoms with Crippen molar-refractivity contribution in [3.05, 3.63) is 24.3 Å². The van der Waals surface area contributed by atoms with Crippen molar-refractivity contribution in [1.29, 1.82) is 0 Å². The molecule has 1 aromatic rings. The Morgan fingerprint density at radius 2 is 1.78 bits per heavy atom. The molecule has 0 aliphatic rings. The van der Waals surface area contributed by atoms with Crippen LogP contribution in [0.15, 0.2) is 24.3 Å². The minimum atomic E-state index is -0.525. The van der Waals surface area contributed by atoms with Gasteiger partial charge in [0, 0.05) is 23.3 Å². The minimum absolute atomic E-state index is 0.116. The van der Waals surface area contributed by atoms with Gasteiger partial charge in [0.1, 0.15) is 5.60 Å². The summed E-state index contributed by atoms with van der Waals surface area (Å²) in [4.78, 5) is 11.8. The molecule has 23 heavy (non-hydrogen) atoms. The molecule has 0 heterocycles. The lowest BCUT2D eigenvalue weighted by Gasteiger charge is -2.30. The second-order valence-corrected chi connectivity index (χ2v) is 6.93. The molecule has 130 valence electrons. The second kappa shape index (κ2) is 8.20. The van der Waals surface area contributed by atoms with Gasteiger partial charge in [0.05, 0.1) is 6.61 Å². The fourth-order valence-electron chi connectivity index (χ4n) is 2.20. The number of aliphatic hydroxyl groups is 1. The Bertz CT molecular complexity index is 497. The van der Waals surface area contributed by atoms with Crippen LogP contribution < -0.4 is 10.6 Å². The molecule has 0 aliphatic heterocycles. The van der Waals surface area contributed by atoms with Gasteiger partial charge in [0.25, 0.3) is 0 Å². The Morgan fingerprint density at radius 1 is 1.17 bits per heavy atom. The number of carbonyl (C=O) groups is 1. The van der Waals surface area contributed by atoms with Crippen molar-refractivity contribution in [2.75, 3.05) is 23.8 Å². The van der Waals surface area contributed by atoms with Crippen LogP contribution in [0.25, 0.3) is 0 Å². The molecule has 0 spiro atoms. The van der Waals surface area contributed by atoms with Crippen LogP contribution in [0.3, 0.4) is 0 Å². The van der Waals surface area contributed by atoms with Crippen LogP contribution in [0.1, 0.15) is 47.5 Å². The van der Waals surface area contributed by atoms with Crippen molar-refractivity contribution >= 4 is 17.5 Å². The molecule has 0 bridgehead atoms. The van der Waals surface area contributed by atoms with Gasteiger partial charge in [-0.2, -0.15) is 0 Å². The van der Waals surface area contributed by atoms with E-state index in [1.54, 1.807) is 0 Å². The molecule has 5 heteroatoms. The van der Waals surface area contributed by atoms with E-state index in [1.165, 1.54) is 0 Å². The molecule has 3 N–H and O–H groups in total. The third-order valence-corrected chi connectivity index (χ3v) is 4.01. The molecule has 0 fully saturated rings. The van der Waals surface area contributed by atoms with Crippen LogP contribution >= 0.6 is 0 Å². The normalized spacial score (nSPS) is 11.9. The molecular weight excluding hydrogens is 292 g/mol. The van der Waals surface area contributed by atoms with E-state index >= 15 is 0 Å². The Kier molecular flexibility index (Phi) is 6.88. The maximum Gasteiger partial charge on any atom is 0.412 e. The first-order valence-electron chi connectivity index (χ1n) is 8.18. The highest BCUT2D eigenvalue weighted by Gasteiger charge is 2.24. The summed E-state index contributed by atoms with van der Waals surface area (Å²) < 4.78 is 5.24. The first-order chi connectivity index (χ1) is 10.7. The molecule has 1 amide bonds. The van der Waals surface area contributed by atoms with Gasteiger partial charge in [0.15, 0.2) is 0 Å². The number of nitrogens with one attached hydrogen (secondary N) is 2. The number of amides is 1. The van der Waals surface area contributed by atoms with Gasteiger partial charge in [-0.3, -0.25) is 5.32 Å². The van der Waals surface area contributed by atoms with E-state index in [9.17, 15) is 9.90 Å². The van der Waals surface area contributed by atoms with E-state index < -0.39 is 11.7 Å². The van der Waals surface area contributed by atoms with Crippen molar-refractivity contribution in [3.63, 3.8) is 0 Å². The van der Waals surface area contributed by atoms with Gasteiger partial charge in [-0.25, -0.2) is 4.79 Å². The van der Waals surface area contributed by atoms with Crippen molar-refractivity contribution < 1.29 is 14.6 Å². The van der Waals surface area contributed by atoms with E-state index in [1.807, 2.05) is 45.0 Å². The molecule has 0 atom stereocenters. The zero-order valence-corrected chi connectivity index (χ0v) is 14.9. The average Bonchev–Trinajstić information content (AvgIpc) is 2.47. The highest BCUT2D eigenvalue weighted by atomic mass is 16.6. The van der Waals surface area contributed by atoms with Crippen LogP contribution in [-0.2, 0) is 4.74 Å². The van der Waals surface area contributed by atoms with Crippen molar-refractivity contribution in [1.82, 2.24) is 0 Å². The predicted octanol–water partition coefficient (Wildman–Crippen LogP) is 4.24. The Morgan fingerprint density at radius 3 is 2.30 bits per heavy atom. The third-order valence-electron chi connectivity index (χ3n) is 4.01. The molecule has 1 rings (SSSR count). The molecule has 0 unspecified atom stereocenters. The van der Waals surface area contributed by atoms with E-state index in [4.69, 9.17) is 4.74 Å². The smallest absolute Gasteiger partial charge is 0.412 e. The monoisotopic (exact) mass is 322 g/mol. The number of hydrogen-bond donors (Lipinski definition) is 3. The Hall–Kier alpha value is -1.75. The minimum Gasteiger partial charge on any atom is -0.444 e. The molecule has 1 aromatic carbocycles. The number of hydrogen-bond acceptors (Lipinski definition) is 4. The highest BCUT2D eigenvalue weighted by molar-refractivity contribution is 5.85. The molecule has 0 saturated heterocycles. The van der Waals surface area contributed by atoms with Crippen molar-refractivity contribution in [2.45, 2.75) is 53.1 Å². The molecule has 0 aliphatic carbocycles. The summed E-state index contributed by atoms with van der Waals surface area (Å²) in [5.41, 5.74) is 0.933. The second-order valence-electron chi connectivity index (χ2n) is 6.93. The van der Waals surface area contributed by atoms with E-state index in [0.717, 1.165) is 18.5 Å². The van der Waals surface area contributed by atoms with Gasteiger partial charge in [-0.15, -0.1) is 0 Å². The van der Waals surface area contributed by atoms with Gasteiger partial charge >= 0.3 is 6.09 Å². The maximum atomic E-state index is 11.8. The van der Waals surface area contributed by atoms with Gasteiger partial charge in [-0.1, -0.05) is 19.9 Å². The van der Waals surface area contributed by atoms with Crippen LogP contribution in [0.4, 0.5) is 16.2 Å². The quantitative estimate of drug-likeness (QED) is 0.702. The topological polar surface area (TPSA) is 70.6 Å². The Labute approximate surface area is 139 Å². The first kappa shape index (κ1) is 19.3. The summed E-state index contributed by atoms with van der Waals surface area (Å²) in [7, 11) is 0. The first-order valence-corrected chi connectivity index (χ1v) is 8.18. The van der Waals surface area contributed by atoms with Crippen molar-refractivity contribution in [3.8, 4) is 0 Å². The van der Waals surface area contributed by atoms with Crippen LogP contribution in [0.2, 0.25) is 0 Å². The van der Waals surface area contributed by atoms with Crippen LogP contribution in [0, 0.1) is 5.41 Å². The molecule has 0 radical (unpaired) electrons. The summed E-state index contributed by atoms with van der Waals surface area (Å²) in [6.07, 6.45) is 1.34. The zero-order chi connectivity index (χ0) is 17.5. The average molecular weight is 322 g/mol. The molecule has 0 aromatic heterocycles. The lowest BCUT2D eigenvalue weighted by molar-refractivity contribution is 0.0636. The SMILES string of the molecule is CCC(CC)(CO)CNc1cccc(NC(=O)OC(C)(C)C)c1. The van der Waals surface area contributed by atoms with Gasteiger partial charge < -0.3 is 15.2 Å². The molecule has 0 saturated carbocycles. The highest BCUT2D eigenvalue weighted by Crippen LogP contribution is 2.26. The number of ether oxygens (including phenoxy) is 1. The molecule has 5 nitrogen and oxygen atoms in total. The standard InChI is InChI=1S/C18H30N2O3/c1-6-18(7-2,13-21)12-19-14-9-8-10-15(11-14)20-16(22)23-17(3,4)5/h8-11,19,21H,6-7,12-13H2,1-5H3,(H,20,22). The van der Waals surface area contributed by atoms with Gasteiger partial charge in [-0.05, 0) is 51.8 Å². The maximum absolute atomic E-state index is 11.8. The van der Waals surface area contributed by atoms with Crippen LogP contribution in [-0.4, -0.2) is 30.0 Å². The van der Waals surface area contributed by atoms with Crippen molar-refractivity contribution in [2.24, 2.45) is 5.41 Å². The molecular formula is C18H30N2O3. The summed E-state index contributed by atoms with van der Waals surface area (Å²) >= 11 is 0. The Balaban J connectivity index is 2.68. The fourth-order valence-corrected chi connectivity index (χ4v) is 2.20. The number of benzene rings is 1. The van der Waals surface area contributed by atoms with E-state index in [-0.39, 0.29) is 12.0 Å².